The Morgan fingerprint density at radius 2 is 2.17 bits per heavy atom. The maximum Gasteiger partial charge on any atom is 0.355 e. The van der Waals surface area contributed by atoms with Gasteiger partial charge in [0.2, 0.25) is 0 Å². The zero-order chi connectivity index (χ0) is 13.1. The molecule has 0 amide bonds. The maximum atomic E-state index is 11.8. The number of aromatic amines is 1. The fourth-order valence-electron chi connectivity index (χ4n) is 1.67. The van der Waals surface area contributed by atoms with Gasteiger partial charge in [-0.25, -0.2) is 4.79 Å². The van der Waals surface area contributed by atoms with Crippen LogP contribution < -0.4 is 0 Å². The molecule has 2 rings (SSSR count). The number of carbonyl (C=O) groups excluding carboxylic acids is 1. The third-order valence-electron chi connectivity index (χ3n) is 2.45. The second-order valence-electron chi connectivity index (χ2n) is 3.61. The SMILES string of the molecule is CCOC(=O)c1[nH]ccc1-c1cc(Cl)ccc1Br. The van der Waals surface area contributed by atoms with E-state index in [9.17, 15) is 4.79 Å². The Balaban J connectivity index is 2.48. The summed E-state index contributed by atoms with van der Waals surface area (Å²) >= 11 is 9.43. The number of nitrogens with one attached hydrogen (secondary N) is 1. The zero-order valence-corrected chi connectivity index (χ0v) is 12.0. The van der Waals surface area contributed by atoms with E-state index in [1.165, 1.54) is 0 Å². The lowest BCUT2D eigenvalue weighted by molar-refractivity contribution is 0.0521. The van der Waals surface area contributed by atoms with Crippen molar-refractivity contribution in [1.82, 2.24) is 4.98 Å². The van der Waals surface area contributed by atoms with Crippen LogP contribution in [0.4, 0.5) is 0 Å². The zero-order valence-electron chi connectivity index (χ0n) is 9.67. The number of hydrogen-bond acceptors (Lipinski definition) is 2. The van der Waals surface area contributed by atoms with Gasteiger partial charge in [0.25, 0.3) is 0 Å². The predicted molar refractivity (Wildman–Crippen MR) is 74.9 cm³/mol. The molecule has 1 heterocycles. The summed E-state index contributed by atoms with van der Waals surface area (Å²) < 4.78 is 5.87. The number of benzene rings is 1. The van der Waals surface area contributed by atoms with Crippen molar-refractivity contribution in [3.63, 3.8) is 0 Å². The van der Waals surface area contributed by atoms with Crippen LogP contribution in [0.3, 0.4) is 0 Å². The van der Waals surface area contributed by atoms with E-state index in [0.29, 0.717) is 17.3 Å². The minimum Gasteiger partial charge on any atom is -0.461 e. The molecule has 0 atom stereocenters. The molecule has 0 radical (unpaired) electrons. The lowest BCUT2D eigenvalue weighted by Gasteiger charge is -2.06. The van der Waals surface area contributed by atoms with Gasteiger partial charge in [-0.3, -0.25) is 0 Å². The summed E-state index contributed by atoms with van der Waals surface area (Å²) in [6.45, 7) is 2.11. The van der Waals surface area contributed by atoms with Gasteiger partial charge >= 0.3 is 5.97 Å². The van der Waals surface area contributed by atoms with Gasteiger partial charge in [0.05, 0.1) is 6.61 Å². The van der Waals surface area contributed by atoms with Crippen LogP contribution in [0.15, 0.2) is 34.9 Å². The summed E-state index contributed by atoms with van der Waals surface area (Å²) in [6, 6.07) is 7.26. The lowest BCUT2D eigenvalue weighted by Crippen LogP contribution is -2.06. The van der Waals surface area contributed by atoms with E-state index < -0.39 is 0 Å². The second-order valence-corrected chi connectivity index (χ2v) is 4.90. The highest BCUT2D eigenvalue weighted by molar-refractivity contribution is 9.10. The van der Waals surface area contributed by atoms with E-state index in [-0.39, 0.29) is 5.97 Å². The molecule has 0 saturated carbocycles. The van der Waals surface area contributed by atoms with Gasteiger partial charge in [0.15, 0.2) is 0 Å². The Hall–Kier alpha value is -1.26. The monoisotopic (exact) mass is 327 g/mol. The van der Waals surface area contributed by atoms with Gasteiger partial charge in [-0.2, -0.15) is 0 Å². The van der Waals surface area contributed by atoms with Crippen molar-refractivity contribution in [3.05, 3.63) is 45.7 Å². The first-order chi connectivity index (χ1) is 8.63. The van der Waals surface area contributed by atoms with Crippen LogP contribution in [0.1, 0.15) is 17.4 Å². The largest absolute Gasteiger partial charge is 0.461 e. The molecule has 0 spiro atoms. The minimum absolute atomic E-state index is 0.341. The van der Waals surface area contributed by atoms with Crippen molar-refractivity contribution in [1.29, 1.82) is 0 Å². The molecule has 2 aromatic rings. The summed E-state index contributed by atoms with van der Waals surface area (Å²) in [5, 5.41) is 0.615. The number of hydrogen-bond donors (Lipinski definition) is 1. The molecule has 3 nitrogen and oxygen atoms in total. The molecule has 0 fully saturated rings. The number of H-pyrrole nitrogens is 1. The molecular formula is C13H11BrClNO2. The summed E-state index contributed by atoms with van der Waals surface area (Å²) in [4.78, 5) is 14.7. The highest BCUT2D eigenvalue weighted by Crippen LogP contribution is 2.33. The molecule has 1 aromatic heterocycles. The second kappa shape index (κ2) is 5.59. The molecule has 0 aliphatic rings. The number of halogens is 2. The molecule has 18 heavy (non-hydrogen) atoms. The molecule has 0 aliphatic carbocycles. The van der Waals surface area contributed by atoms with Crippen molar-refractivity contribution in [2.75, 3.05) is 6.61 Å². The van der Waals surface area contributed by atoms with Gasteiger partial charge in [-0.1, -0.05) is 27.5 Å². The van der Waals surface area contributed by atoms with Crippen LogP contribution in [0.2, 0.25) is 5.02 Å². The molecule has 1 N–H and O–H groups in total. The van der Waals surface area contributed by atoms with Gasteiger partial charge in [-0.15, -0.1) is 0 Å². The van der Waals surface area contributed by atoms with Crippen molar-refractivity contribution in [2.24, 2.45) is 0 Å². The van der Waals surface area contributed by atoms with E-state index in [1.807, 2.05) is 12.1 Å². The quantitative estimate of drug-likeness (QED) is 0.855. The van der Waals surface area contributed by atoms with Crippen molar-refractivity contribution < 1.29 is 9.53 Å². The Morgan fingerprint density at radius 1 is 1.39 bits per heavy atom. The highest BCUT2D eigenvalue weighted by Gasteiger charge is 2.17. The topological polar surface area (TPSA) is 42.1 Å². The normalized spacial score (nSPS) is 10.4. The van der Waals surface area contributed by atoms with Gasteiger partial charge in [0.1, 0.15) is 5.69 Å². The van der Waals surface area contributed by atoms with Crippen molar-refractivity contribution >= 4 is 33.5 Å². The van der Waals surface area contributed by atoms with E-state index >= 15 is 0 Å². The lowest BCUT2D eigenvalue weighted by atomic mass is 10.1. The van der Waals surface area contributed by atoms with Gasteiger partial charge in [-0.05, 0) is 36.8 Å². The molecule has 0 saturated heterocycles. The summed E-state index contributed by atoms with van der Waals surface area (Å²) in [5.74, 6) is -0.371. The highest BCUT2D eigenvalue weighted by atomic mass is 79.9. The molecule has 94 valence electrons. The summed E-state index contributed by atoms with van der Waals surface area (Å²) in [5.41, 5.74) is 2.05. The number of ether oxygens (including phenoxy) is 1. The average Bonchev–Trinajstić information content (AvgIpc) is 2.81. The van der Waals surface area contributed by atoms with Crippen LogP contribution in [0.5, 0.6) is 0 Å². The van der Waals surface area contributed by atoms with Gasteiger partial charge < -0.3 is 9.72 Å². The Morgan fingerprint density at radius 3 is 2.89 bits per heavy atom. The van der Waals surface area contributed by atoms with Crippen molar-refractivity contribution in [2.45, 2.75) is 6.92 Å². The third-order valence-corrected chi connectivity index (χ3v) is 3.37. The molecular weight excluding hydrogens is 318 g/mol. The molecule has 0 aliphatic heterocycles. The average molecular weight is 329 g/mol. The Bertz CT molecular complexity index is 580. The van der Waals surface area contributed by atoms with Gasteiger partial charge in [0, 0.05) is 21.3 Å². The number of rotatable bonds is 3. The maximum absolute atomic E-state index is 11.8. The Labute approximate surface area is 118 Å². The van der Waals surface area contributed by atoms with Crippen LogP contribution in [-0.2, 0) is 4.74 Å². The summed E-state index contributed by atoms with van der Waals surface area (Å²) in [7, 11) is 0. The fraction of sp³-hybridized carbons (Fsp3) is 0.154. The number of aromatic nitrogens is 1. The van der Waals surface area contributed by atoms with Crippen LogP contribution in [0, 0.1) is 0 Å². The Kier molecular flexibility index (Phi) is 4.09. The third kappa shape index (κ3) is 2.60. The first kappa shape index (κ1) is 13.2. The first-order valence-corrected chi connectivity index (χ1v) is 6.60. The standard InChI is InChI=1S/C13H11BrClNO2/c1-2-18-13(17)12-9(5-6-16-12)10-7-8(15)3-4-11(10)14/h3-7,16H,2H2,1H3. The first-order valence-electron chi connectivity index (χ1n) is 5.43. The van der Waals surface area contributed by atoms with Crippen LogP contribution in [0.25, 0.3) is 11.1 Å². The van der Waals surface area contributed by atoms with E-state index in [0.717, 1.165) is 15.6 Å². The molecule has 1 aromatic carbocycles. The summed E-state index contributed by atoms with van der Waals surface area (Å²) in [6.07, 6.45) is 1.70. The number of carbonyl (C=O) groups is 1. The van der Waals surface area contributed by atoms with E-state index in [1.54, 1.807) is 25.3 Å². The molecule has 0 bridgehead atoms. The minimum atomic E-state index is -0.371. The molecule has 0 unspecified atom stereocenters. The van der Waals surface area contributed by atoms with E-state index in [2.05, 4.69) is 20.9 Å². The predicted octanol–water partition coefficient (Wildman–Crippen LogP) is 4.27. The van der Waals surface area contributed by atoms with Crippen LogP contribution >= 0.6 is 27.5 Å². The van der Waals surface area contributed by atoms with Crippen molar-refractivity contribution in [3.8, 4) is 11.1 Å². The fourth-order valence-corrected chi connectivity index (χ4v) is 2.30. The smallest absolute Gasteiger partial charge is 0.355 e. The molecule has 5 heteroatoms. The van der Waals surface area contributed by atoms with E-state index in [4.69, 9.17) is 16.3 Å². The number of esters is 1. The van der Waals surface area contributed by atoms with Crippen LogP contribution in [-0.4, -0.2) is 17.6 Å².